The van der Waals surface area contributed by atoms with E-state index in [0.29, 0.717) is 0 Å². The minimum Gasteiger partial charge on any atom is -0.400 e. The van der Waals surface area contributed by atoms with Crippen LogP contribution in [0.4, 0.5) is 46.5 Å². The fourth-order valence-corrected chi connectivity index (χ4v) is 10.9. The largest absolute Gasteiger partial charge is 2.00 e. The number of anilines is 8. The van der Waals surface area contributed by atoms with Gasteiger partial charge >= 0.3 is 19.5 Å². The van der Waals surface area contributed by atoms with Crippen LogP contribution in [-0.4, -0.2) is 9.97 Å². The molecule has 73 heavy (non-hydrogen) atoms. The van der Waals surface area contributed by atoms with E-state index in [2.05, 4.69) is 236 Å². The van der Waals surface area contributed by atoms with Crippen LogP contribution in [0.3, 0.4) is 0 Å². The van der Waals surface area contributed by atoms with Gasteiger partial charge in [-0.3, -0.25) is 0 Å². The normalized spacial score (nSPS) is 13.5. The number of hydrogen-bond donors (Lipinski definition) is 6. The summed E-state index contributed by atoms with van der Waals surface area (Å²) >= 11 is 0. The summed E-state index contributed by atoms with van der Waals surface area (Å²) in [7, 11) is 0. The molecule has 360 valence electrons. The van der Waals surface area contributed by atoms with Crippen LogP contribution >= 0.6 is 0 Å². The van der Waals surface area contributed by atoms with Gasteiger partial charge < -0.3 is 41.2 Å². The first-order valence-electron chi connectivity index (χ1n) is 25.5. The Morgan fingerprint density at radius 2 is 0.466 bits per heavy atom. The predicted molar refractivity (Wildman–Crippen MR) is 309 cm³/mol. The van der Waals surface area contributed by atoms with Crippen molar-refractivity contribution in [1.82, 2.24) is 19.9 Å². The average molecular weight is 1010 g/mol. The van der Waals surface area contributed by atoms with Crippen molar-refractivity contribution in [2.45, 2.75) is 105 Å². The van der Waals surface area contributed by atoms with Crippen molar-refractivity contribution in [2.75, 3.05) is 21.3 Å². The Morgan fingerprint density at radius 3 is 0.699 bits per heavy atom. The first-order valence-corrected chi connectivity index (χ1v) is 25.5. The number of aromatic nitrogens is 4. The summed E-state index contributed by atoms with van der Waals surface area (Å²) < 4.78 is 0. The van der Waals surface area contributed by atoms with E-state index in [1.807, 2.05) is 0 Å². The SMILES string of the molecule is CC(C)(C)c1ccc2cc3c4[n-]c(c3cc2c1)Nc1[nH]c(c2cc3cc(C(C)(C)C)ccc3cc12)Nc1[n-]c(c2cc3cc(C(C)(C)C)ccc3cc12)Nc1[nH]c(c2cc3cc(C(C)(C)C)ccc3cc12)N4.[Zn+2]. The maximum Gasteiger partial charge on any atom is 2.00 e. The van der Waals surface area contributed by atoms with Gasteiger partial charge in [0.05, 0.1) is 23.3 Å². The second kappa shape index (κ2) is 15.9. The van der Waals surface area contributed by atoms with Gasteiger partial charge in [0.25, 0.3) is 0 Å². The minimum absolute atomic E-state index is 0. The van der Waals surface area contributed by atoms with Crippen LogP contribution in [0.2, 0.25) is 0 Å². The van der Waals surface area contributed by atoms with Crippen molar-refractivity contribution in [1.29, 1.82) is 0 Å². The number of H-pyrrole nitrogens is 2. The van der Waals surface area contributed by atoms with Crippen molar-refractivity contribution < 1.29 is 19.5 Å². The second-order valence-electron chi connectivity index (χ2n) is 24.7. The van der Waals surface area contributed by atoms with E-state index in [1.54, 1.807) is 0 Å². The summed E-state index contributed by atoms with van der Waals surface area (Å²) in [5, 5.41) is 33.2. The second-order valence-corrected chi connectivity index (χ2v) is 24.7. The van der Waals surface area contributed by atoms with Gasteiger partial charge in [-0.25, -0.2) is 0 Å². The molecule has 8 bridgehead atoms. The molecule has 4 aromatic heterocycles. The number of aromatic amines is 2. The molecule has 12 aromatic rings. The summed E-state index contributed by atoms with van der Waals surface area (Å²) in [5.41, 5.74) is 5.16. The number of benzene rings is 8. The number of nitrogens with zero attached hydrogens (tertiary/aromatic N) is 2. The third-order valence-electron chi connectivity index (χ3n) is 15.4. The Hall–Kier alpha value is -7.22. The maximum absolute atomic E-state index is 5.50. The van der Waals surface area contributed by atoms with Crippen LogP contribution < -0.4 is 31.2 Å². The Labute approximate surface area is 439 Å². The minimum atomic E-state index is -0.00242. The molecule has 0 fully saturated rings. The van der Waals surface area contributed by atoms with Gasteiger partial charge in [0, 0.05) is 44.8 Å². The van der Waals surface area contributed by atoms with Crippen molar-refractivity contribution in [3.63, 3.8) is 0 Å². The zero-order chi connectivity index (χ0) is 50.0. The molecule has 0 aliphatic carbocycles. The van der Waals surface area contributed by atoms with Gasteiger partial charge in [0.15, 0.2) is 0 Å². The Balaban J connectivity index is 0.00000543. The molecule has 5 heterocycles. The summed E-state index contributed by atoms with van der Waals surface area (Å²) in [4.78, 5) is 18.7. The van der Waals surface area contributed by atoms with E-state index >= 15 is 0 Å². The summed E-state index contributed by atoms with van der Waals surface area (Å²) in [6.07, 6.45) is 0. The smallest absolute Gasteiger partial charge is 0.400 e. The quantitative estimate of drug-likeness (QED) is 0.0845. The van der Waals surface area contributed by atoms with E-state index in [0.717, 1.165) is 100 Å². The summed E-state index contributed by atoms with van der Waals surface area (Å²) in [5.74, 6) is 6.42. The molecule has 0 spiro atoms. The van der Waals surface area contributed by atoms with Crippen molar-refractivity contribution in [2.24, 2.45) is 0 Å². The number of nitrogens with one attached hydrogen (secondary N) is 6. The fraction of sp³-hybridized carbons (Fsp3) is 0.250. The first-order chi connectivity index (χ1) is 34.1. The topological polar surface area (TPSA) is 108 Å². The van der Waals surface area contributed by atoms with Gasteiger partial charge in [0.1, 0.15) is 0 Å². The first kappa shape index (κ1) is 46.8. The monoisotopic (exact) mass is 1010 g/mol. The summed E-state index contributed by atoms with van der Waals surface area (Å²) in [6.45, 7) is 27.3. The zero-order valence-electron chi connectivity index (χ0n) is 44.1. The Bertz CT molecular complexity index is 3710. The van der Waals surface area contributed by atoms with Gasteiger partial charge in [0.2, 0.25) is 0 Å². The van der Waals surface area contributed by atoms with E-state index in [-0.39, 0.29) is 41.1 Å². The zero-order valence-corrected chi connectivity index (χ0v) is 47.1. The third-order valence-corrected chi connectivity index (χ3v) is 15.4. The molecule has 0 unspecified atom stereocenters. The van der Waals surface area contributed by atoms with Crippen molar-refractivity contribution in [3.05, 3.63) is 144 Å². The van der Waals surface area contributed by atoms with Crippen molar-refractivity contribution in [3.8, 4) is 0 Å². The molecule has 0 saturated heterocycles. The fourth-order valence-electron chi connectivity index (χ4n) is 10.9. The average Bonchev–Trinajstić information content (AvgIpc) is 4.04. The van der Waals surface area contributed by atoms with E-state index in [4.69, 9.17) is 9.97 Å². The molecular weight excluding hydrogens is 946 g/mol. The molecule has 1 aliphatic rings. The van der Waals surface area contributed by atoms with Gasteiger partial charge in [-0.2, -0.15) is 0 Å². The molecule has 9 heteroatoms. The Morgan fingerprint density at radius 1 is 0.260 bits per heavy atom. The van der Waals surface area contributed by atoms with Crippen LogP contribution in [-0.2, 0) is 41.1 Å². The van der Waals surface area contributed by atoms with E-state index in [1.165, 1.54) is 54.6 Å². The predicted octanol–water partition coefficient (Wildman–Crippen LogP) is 18.0. The van der Waals surface area contributed by atoms with Gasteiger partial charge in [-0.15, -0.1) is 0 Å². The maximum atomic E-state index is 5.50. The van der Waals surface area contributed by atoms with E-state index < -0.39 is 0 Å². The molecule has 0 amide bonds. The molecule has 8 nitrogen and oxygen atoms in total. The Kier molecular flexibility index (Phi) is 10.2. The number of rotatable bonds is 0. The molecule has 0 atom stereocenters. The molecule has 0 radical (unpaired) electrons. The summed E-state index contributed by atoms with van der Waals surface area (Å²) in [6, 6.07) is 45.9. The molecule has 8 aromatic carbocycles. The van der Waals surface area contributed by atoms with Crippen LogP contribution in [0.15, 0.2) is 121 Å². The molecule has 1 aliphatic heterocycles. The van der Waals surface area contributed by atoms with Crippen LogP contribution in [0.25, 0.3) is 86.2 Å². The molecular formula is C64H62N8Zn. The van der Waals surface area contributed by atoms with Crippen LogP contribution in [0.1, 0.15) is 105 Å². The van der Waals surface area contributed by atoms with Gasteiger partial charge in [-0.1, -0.05) is 156 Å². The number of fused-ring (bicyclic) bond motifs is 24. The number of hydrogen-bond acceptors (Lipinski definition) is 4. The van der Waals surface area contributed by atoms with Crippen LogP contribution in [0, 0.1) is 0 Å². The van der Waals surface area contributed by atoms with Crippen LogP contribution in [0.5, 0.6) is 0 Å². The standard InChI is InChI=1S/C64H62N8.Zn/c1-61(2,3)41-17-13-33-25-45-49(29-37(33)21-41)57-65-53(45)70-58-51-31-39-23-43(63(7,8)9)19-15-35(39)27-47(51)55(67-58)72-60-52-32-40-24-44(64(10,11)12)20-16-36(40)28-48(52)56(68-60)71-59-50-30-38-22-42(62(4,5)6)18-14-34(38)26-46(50)54(66-59)69-57;/h13-32,65,68-72H,1-12H3;/q-2;+2. The molecule has 6 N–H and O–H groups in total. The molecule has 0 saturated carbocycles. The van der Waals surface area contributed by atoms with Gasteiger partial charge in [-0.05, 0) is 157 Å². The van der Waals surface area contributed by atoms with E-state index in [9.17, 15) is 0 Å². The van der Waals surface area contributed by atoms with Crippen molar-refractivity contribution >= 4 is 133 Å². The third kappa shape index (κ3) is 7.81. The molecule has 13 rings (SSSR count).